The fourth-order valence-electron chi connectivity index (χ4n) is 3.82. The Hall–Kier alpha value is -1.47. The van der Waals surface area contributed by atoms with E-state index in [9.17, 15) is 4.79 Å². The molecule has 3 aliphatic heterocycles. The average molecular weight is 305 g/mol. The third-order valence-corrected chi connectivity index (χ3v) is 5.12. The summed E-state index contributed by atoms with van der Waals surface area (Å²) in [4.78, 5) is 16.9. The summed E-state index contributed by atoms with van der Waals surface area (Å²) in [6.45, 7) is 5.26. The lowest BCUT2D eigenvalue weighted by Gasteiger charge is -2.41. The number of ether oxygens (including phenoxy) is 1. The van der Waals surface area contributed by atoms with Gasteiger partial charge in [-0.2, -0.15) is 0 Å². The lowest BCUT2D eigenvalue weighted by molar-refractivity contribution is -0.138. The smallest absolute Gasteiger partial charge is 0.223 e. The van der Waals surface area contributed by atoms with Gasteiger partial charge in [-0.1, -0.05) is 5.21 Å². The largest absolute Gasteiger partial charge is 0.370 e. The highest BCUT2D eigenvalue weighted by atomic mass is 16.5. The summed E-state index contributed by atoms with van der Waals surface area (Å²) in [5.74, 6) is 0.262. The van der Waals surface area contributed by atoms with E-state index in [1.54, 1.807) is 6.20 Å². The SMILES string of the molecule is O=C(CCN1CCCC1)N1CC[C@@H]2OCc3cnnn3[C@@H]2C1. The van der Waals surface area contributed by atoms with Crippen molar-refractivity contribution in [1.82, 2.24) is 24.8 Å². The van der Waals surface area contributed by atoms with Crippen molar-refractivity contribution >= 4 is 5.91 Å². The number of nitrogens with zero attached hydrogens (tertiary/aromatic N) is 5. The van der Waals surface area contributed by atoms with E-state index in [1.807, 2.05) is 9.58 Å². The number of rotatable bonds is 3. The molecule has 7 nitrogen and oxygen atoms in total. The third-order valence-electron chi connectivity index (χ3n) is 5.12. The van der Waals surface area contributed by atoms with E-state index in [1.165, 1.54) is 12.8 Å². The third kappa shape index (κ3) is 2.63. The van der Waals surface area contributed by atoms with E-state index in [4.69, 9.17) is 4.74 Å². The maximum Gasteiger partial charge on any atom is 0.223 e. The maximum atomic E-state index is 12.5. The number of hydrogen-bond donors (Lipinski definition) is 0. The van der Waals surface area contributed by atoms with Crippen molar-refractivity contribution in [2.24, 2.45) is 0 Å². The molecule has 0 N–H and O–H groups in total. The summed E-state index contributed by atoms with van der Waals surface area (Å²) in [5.41, 5.74) is 1.01. The minimum Gasteiger partial charge on any atom is -0.370 e. The minimum absolute atomic E-state index is 0.121. The number of piperidine rings is 1. The highest BCUT2D eigenvalue weighted by molar-refractivity contribution is 5.76. The van der Waals surface area contributed by atoms with Crippen LogP contribution in [0.3, 0.4) is 0 Å². The lowest BCUT2D eigenvalue weighted by Crippen LogP contribution is -2.50. The van der Waals surface area contributed by atoms with Crippen LogP contribution < -0.4 is 0 Å². The van der Waals surface area contributed by atoms with Gasteiger partial charge in [0.2, 0.25) is 5.91 Å². The van der Waals surface area contributed by atoms with E-state index < -0.39 is 0 Å². The van der Waals surface area contributed by atoms with Gasteiger partial charge in [-0.25, -0.2) is 4.68 Å². The summed E-state index contributed by atoms with van der Waals surface area (Å²) < 4.78 is 7.84. The van der Waals surface area contributed by atoms with E-state index in [0.717, 1.165) is 38.3 Å². The van der Waals surface area contributed by atoms with Gasteiger partial charge in [0, 0.05) is 26.1 Å². The number of hydrogen-bond acceptors (Lipinski definition) is 5. The zero-order valence-corrected chi connectivity index (χ0v) is 12.9. The average Bonchev–Trinajstić information content (AvgIpc) is 3.23. The van der Waals surface area contributed by atoms with Crippen molar-refractivity contribution in [2.75, 3.05) is 32.7 Å². The van der Waals surface area contributed by atoms with Crippen LogP contribution >= 0.6 is 0 Å². The second-order valence-corrected chi connectivity index (χ2v) is 6.51. The van der Waals surface area contributed by atoms with Gasteiger partial charge < -0.3 is 14.5 Å². The lowest BCUT2D eigenvalue weighted by atomic mass is 10.00. The Bertz CT molecular complexity index is 540. The molecular formula is C15H23N5O2. The highest BCUT2D eigenvalue weighted by Crippen LogP contribution is 2.30. The van der Waals surface area contributed by atoms with Gasteiger partial charge in [-0.05, 0) is 32.4 Å². The predicted octanol–water partition coefficient (Wildman–Crippen LogP) is 0.436. The Kier molecular flexibility index (Phi) is 3.83. The van der Waals surface area contributed by atoms with Gasteiger partial charge in [0.1, 0.15) is 0 Å². The monoisotopic (exact) mass is 305 g/mol. The molecule has 2 fully saturated rings. The predicted molar refractivity (Wildman–Crippen MR) is 79.1 cm³/mol. The molecule has 0 aromatic carbocycles. The zero-order chi connectivity index (χ0) is 14.9. The molecule has 1 aromatic rings. The normalized spacial score (nSPS) is 28.5. The molecule has 3 aliphatic rings. The first-order chi connectivity index (χ1) is 10.8. The first-order valence-electron chi connectivity index (χ1n) is 8.32. The fraction of sp³-hybridized carbons (Fsp3) is 0.800. The molecule has 4 heterocycles. The molecule has 0 saturated carbocycles. The summed E-state index contributed by atoms with van der Waals surface area (Å²) in [7, 11) is 0. The van der Waals surface area contributed by atoms with E-state index in [0.29, 0.717) is 19.6 Å². The summed E-state index contributed by atoms with van der Waals surface area (Å²) in [6.07, 6.45) is 5.98. The van der Waals surface area contributed by atoms with Gasteiger partial charge in [0.15, 0.2) is 0 Å². The van der Waals surface area contributed by atoms with Crippen LogP contribution in [-0.2, 0) is 16.1 Å². The number of carbonyl (C=O) groups is 1. The first kappa shape index (κ1) is 14.1. The Morgan fingerprint density at radius 3 is 3.05 bits per heavy atom. The van der Waals surface area contributed by atoms with Gasteiger partial charge in [0.05, 0.1) is 30.6 Å². The Morgan fingerprint density at radius 1 is 1.32 bits per heavy atom. The van der Waals surface area contributed by atoms with E-state index in [-0.39, 0.29) is 18.1 Å². The van der Waals surface area contributed by atoms with Gasteiger partial charge >= 0.3 is 0 Å². The van der Waals surface area contributed by atoms with Crippen LogP contribution in [0.2, 0.25) is 0 Å². The molecule has 1 aromatic heterocycles. The molecule has 2 atom stereocenters. The molecule has 1 amide bonds. The molecule has 0 spiro atoms. The standard InChI is InChI=1S/C15H23N5O2/c21-15(4-7-18-5-1-2-6-18)19-8-3-14-13(10-19)20-12(11-22-14)9-16-17-20/h9,13-14H,1-8,10-11H2/t13-,14+/m1/s1. The Labute approximate surface area is 130 Å². The molecule has 4 rings (SSSR count). The van der Waals surface area contributed by atoms with Crippen LogP contribution in [0.15, 0.2) is 6.20 Å². The maximum absolute atomic E-state index is 12.5. The van der Waals surface area contributed by atoms with Crippen molar-refractivity contribution < 1.29 is 9.53 Å². The number of likely N-dealkylation sites (tertiary alicyclic amines) is 2. The molecule has 120 valence electrons. The van der Waals surface area contributed by atoms with Gasteiger partial charge in [0.25, 0.3) is 0 Å². The van der Waals surface area contributed by atoms with Crippen molar-refractivity contribution in [1.29, 1.82) is 0 Å². The minimum atomic E-state index is 0.121. The van der Waals surface area contributed by atoms with Crippen LogP contribution in [0.25, 0.3) is 0 Å². The molecular weight excluding hydrogens is 282 g/mol. The van der Waals surface area contributed by atoms with Crippen LogP contribution in [-0.4, -0.2) is 69.5 Å². The molecule has 0 aliphatic carbocycles. The van der Waals surface area contributed by atoms with Crippen molar-refractivity contribution in [3.63, 3.8) is 0 Å². The second kappa shape index (κ2) is 5.96. The summed E-state index contributed by atoms with van der Waals surface area (Å²) in [5, 5.41) is 8.16. The summed E-state index contributed by atoms with van der Waals surface area (Å²) >= 11 is 0. The Balaban J connectivity index is 1.37. The van der Waals surface area contributed by atoms with E-state index >= 15 is 0 Å². The number of amides is 1. The molecule has 2 saturated heterocycles. The number of fused-ring (bicyclic) bond motifs is 3. The van der Waals surface area contributed by atoms with Crippen LogP contribution in [0.1, 0.15) is 37.4 Å². The van der Waals surface area contributed by atoms with Crippen molar-refractivity contribution in [3.05, 3.63) is 11.9 Å². The Morgan fingerprint density at radius 2 is 2.18 bits per heavy atom. The van der Waals surface area contributed by atoms with Crippen molar-refractivity contribution in [2.45, 2.75) is 44.4 Å². The van der Waals surface area contributed by atoms with Crippen molar-refractivity contribution in [3.8, 4) is 0 Å². The van der Waals surface area contributed by atoms with Gasteiger partial charge in [-0.15, -0.1) is 5.10 Å². The highest BCUT2D eigenvalue weighted by Gasteiger charge is 2.37. The zero-order valence-electron chi connectivity index (χ0n) is 12.9. The van der Waals surface area contributed by atoms with Gasteiger partial charge in [-0.3, -0.25) is 4.79 Å². The quantitative estimate of drug-likeness (QED) is 0.811. The molecule has 22 heavy (non-hydrogen) atoms. The number of carbonyl (C=O) groups excluding carboxylic acids is 1. The molecule has 7 heteroatoms. The van der Waals surface area contributed by atoms with Crippen LogP contribution in [0.5, 0.6) is 0 Å². The van der Waals surface area contributed by atoms with E-state index in [2.05, 4.69) is 15.2 Å². The second-order valence-electron chi connectivity index (χ2n) is 6.51. The van der Waals surface area contributed by atoms with Crippen LogP contribution in [0.4, 0.5) is 0 Å². The summed E-state index contributed by atoms with van der Waals surface area (Å²) in [6, 6.07) is 0.121. The number of aromatic nitrogens is 3. The molecule has 0 bridgehead atoms. The first-order valence-corrected chi connectivity index (χ1v) is 8.32. The topological polar surface area (TPSA) is 63.5 Å². The van der Waals surface area contributed by atoms with Crippen LogP contribution in [0, 0.1) is 0 Å². The fourth-order valence-corrected chi connectivity index (χ4v) is 3.82. The molecule has 0 radical (unpaired) electrons. The molecule has 0 unspecified atom stereocenters.